The van der Waals surface area contributed by atoms with Crippen molar-refractivity contribution in [3.8, 4) is 0 Å². The van der Waals surface area contributed by atoms with Crippen molar-refractivity contribution in [3.05, 3.63) is 18.5 Å². The van der Waals surface area contributed by atoms with Crippen molar-refractivity contribution in [1.29, 1.82) is 0 Å². The Morgan fingerprint density at radius 1 is 1.75 bits per heavy atom. The Labute approximate surface area is 71.6 Å². The highest BCUT2D eigenvalue weighted by atomic mass is 16.2. The molecular weight excluding hydrogens is 154 g/mol. The average molecular weight is 167 g/mol. The Morgan fingerprint density at radius 2 is 2.50 bits per heavy atom. The Balaban J connectivity index is 2.59. The second-order valence-corrected chi connectivity index (χ2v) is 2.56. The molecule has 0 saturated carbocycles. The third-order valence-corrected chi connectivity index (χ3v) is 1.65. The zero-order valence-corrected chi connectivity index (χ0v) is 7.32. The first-order valence-corrected chi connectivity index (χ1v) is 4.02. The number of nitrogens with one attached hydrogen (secondary N) is 1. The van der Waals surface area contributed by atoms with Crippen LogP contribution >= 0.6 is 0 Å². The molecule has 0 aliphatic heterocycles. The van der Waals surface area contributed by atoms with Gasteiger partial charge in [0.2, 0.25) is 5.91 Å². The van der Waals surface area contributed by atoms with E-state index >= 15 is 0 Å². The highest BCUT2D eigenvalue weighted by Crippen LogP contribution is 2.01. The number of carbonyl (C=O) groups excluding carboxylic acids is 1. The first kappa shape index (κ1) is 8.77. The van der Waals surface area contributed by atoms with Crippen LogP contribution in [0.3, 0.4) is 0 Å². The van der Waals surface area contributed by atoms with Gasteiger partial charge in [0.25, 0.3) is 0 Å². The first-order valence-electron chi connectivity index (χ1n) is 4.02. The van der Waals surface area contributed by atoms with Crippen molar-refractivity contribution in [2.45, 2.75) is 19.9 Å². The predicted molar refractivity (Wildman–Crippen MR) is 45.6 cm³/mol. The maximum Gasteiger partial charge on any atom is 0.244 e. The third kappa shape index (κ3) is 1.84. The van der Waals surface area contributed by atoms with Crippen LogP contribution in [0.2, 0.25) is 0 Å². The summed E-state index contributed by atoms with van der Waals surface area (Å²) < 4.78 is 1.63. The number of nitrogens with zero attached hydrogens (tertiary/aromatic N) is 2. The van der Waals surface area contributed by atoms with Gasteiger partial charge in [0.15, 0.2) is 0 Å². The molecule has 1 aromatic rings. The number of hydrogen-bond donors (Lipinski definition) is 1. The molecule has 1 heterocycles. The molecule has 0 saturated heterocycles. The zero-order chi connectivity index (χ0) is 8.97. The fraction of sp³-hybridized carbons (Fsp3) is 0.500. The number of carbonyl (C=O) groups is 1. The van der Waals surface area contributed by atoms with Crippen LogP contribution in [0.1, 0.15) is 19.9 Å². The first-order chi connectivity index (χ1) is 5.75. The second kappa shape index (κ2) is 3.90. The van der Waals surface area contributed by atoms with Gasteiger partial charge in [-0.2, -0.15) is 5.10 Å². The van der Waals surface area contributed by atoms with Crippen molar-refractivity contribution >= 4 is 5.91 Å². The molecule has 4 nitrogen and oxygen atoms in total. The topological polar surface area (TPSA) is 46.9 Å². The lowest BCUT2D eigenvalue weighted by molar-refractivity contribution is -0.124. The molecule has 1 atom stereocenters. The highest BCUT2D eigenvalue weighted by Gasteiger charge is 2.12. The summed E-state index contributed by atoms with van der Waals surface area (Å²) in [6.07, 6.45) is 3.44. The van der Waals surface area contributed by atoms with E-state index in [0.29, 0.717) is 6.54 Å². The van der Waals surface area contributed by atoms with E-state index in [4.69, 9.17) is 0 Å². The molecule has 0 aliphatic carbocycles. The summed E-state index contributed by atoms with van der Waals surface area (Å²) in [5.74, 6) is 0.00111. The number of amides is 1. The summed E-state index contributed by atoms with van der Waals surface area (Å²) in [4.78, 5) is 11.3. The van der Waals surface area contributed by atoms with Gasteiger partial charge in [-0.15, -0.1) is 0 Å². The largest absolute Gasteiger partial charge is 0.355 e. The van der Waals surface area contributed by atoms with E-state index in [-0.39, 0.29) is 11.9 Å². The van der Waals surface area contributed by atoms with E-state index in [1.807, 2.05) is 13.8 Å². The van der Waals surface area contributed by atoms with Crippen molar-refractivity contribution in [1.82, 2.24) is 15.1 Å². The number of aromatic nitrogens is 2. The molecule has 1 unspecified atom stereocenters. The fourth-order valence-electron chi connectivity index (χ4n) is 0.952. The number of hydrogen-bond acceptors (Lipinski definition) is 2. The monoisotopic (exact) mass is 167 g/mol. The third-order valence-electron chi connectivity index (χ3n) is 1.65. The van der Waals surface area contributed by atoms with E-state index in [1.165, 1.54) is 0 Å². The SMILES string of the molecule is CCNC(=O)C(C)n1cccn1. The summed E-state index contributed by atoms with van der Waals surface area (Å²) in [6.45, 7) is 4.37. The Morgan fingerprint density at radius 3 is 3.00 bits per heavy atom. The highest BCUT2D eigenvalue weighted by molar-refractivity contribution is 5.79. The lowest BCUT2D eigenvalue weighted by atomic mass is 10.3. The van der Waals surface area contributed by atoms with Crippen LogP contribution in [0.25, 0.3) is 0 Å². The van der Waals surface area contributed by atoms with Crippen molar-refractivity contribution in [3.63, 3.8) is 0 Å². The van der Waals surface area contributed by atoms with Crippen molar-refractivity contribution < 1.29 is 4.79 Å². The van der Waals surface area contributed by atoms with Gasteiger partial charge in [0.05, 0.1) is 0 Å². The molecule has 0 fully saturated rings. The second-order valence-electron chi connectivity index (χ2n) is 2.56. The molecule has 1 aromatic heterocycles. The fourth-order valence-corrected chi connectivity index (χ4v) is 0.952. The van der Waals surface area contributed by atoms with Gasteiger partial charge in [-0.1, -0.05) is 0 Å². The van der Waals surface area contributed by atoms with Gasteiger partial charge in [0.1, 0.15) is 6.04 Å². The van der Waals surface area contributed by atoms with Crippen LogP contribution in [-0.4, -0.2) is 22.2 Å². The van der Waals surface area contributed by atoms with E-state index in [1.54, 1.807) is 23.1 Å². The normalized spacial score (nSPS) is 12.5. The molecule has 1 N–H and O–H groups in total. The van der Waals surface area contributed by atoms with E-state index in [2.05, 4.69) is 10.4 Å². The number of likely N-dealkylation sites (N-methyl/N-ethyl adjacent to an activating group) is 1. The molecule has 0 bridgehead atoms. The minimum atomic E-state index is -0.222. The standard InChI is InChI=1S/C8H13N3O/c1-3-9-8(12)7(2)11-6-4-5-10-11/h4-7H,3H2,1-2H3,(H,9,12). The van der Waals surface area contributed by atoms with E-state index < -0.39 is 0 Å². The number of rotatable bonds is 3. The quantitative estimate of drug-likeness (QED) is 0.715. The lowest BCUT2D eigenvalue weighted by Crippen LogP contribution is -2.30. The van der Waals surface area contributed by atoms with Crippen LogP contribution in [0.4, 0.5) is 0 Å². The van der Waals surface area contributed by atoms with Crippen LogP contribution in [0, 0.1) is 0 Å². The van der Waals surface area contributed by atoms with Crippen LogP contribution in [-0.2, 0) is 4.79 Å². The predicted octanol–water partition coefficient (Wildman–Crippen LogP) is 0.580. The summed E-state index contributed by atoms with van der Waals surface area (Å²) in [7, 11) is 0. The van der Waals surface area contributed by atoms with Gasteiger partial charge in [-0.3, -0.25) is 9.48 Å². The molecular formula is C8H13N3O. The van der Waals surface area contributed by atoms with Gasteiger partial charge in [-0.25, -0.2) is 0 Å². The van der Waals surface area contributed by atoms with E-state index in [0.717, 1.165) is 0 Å². The molecule has 0 radical (unpaired) electrons. The minimum Gasteiger partial charge on any atom is -0.355 e. The van der Waals surface area contributed by atoms with Crippen LogP contribution in [0.5, 0.6) is 0 Å². The summed E-state index contributed by atoms with van der Waals surface area (Å²) >= 11 is 0. The molecule has 1 amide bonds. The summed E-state index contributed by atoms with van der Waals surface area (Å²) in [5, 5.41) is 6.71. The smallest absolute Gasteiger partial charge is 0.244 e. The van der Waals surface area contributed by atoms with Gasteiger partial charge in [0, 0.05) is 18.9 Å². The molecule has 4 heteroatoms. The Hall–Kier alpha value is -1.32. The Kier molecular flexibility index (Phi) is 2.85. The van der Waals surface area contributed by atoms with Crippen molar-refractivity contribution in [2.24, 2.45) is 0 Å². The summed E-state index contributed by atoms with van der Waals surface area (Å²) in [5.41, 5.74) is 0. The maximum atomic E-state index is 11.3. The minimum absolute atomic E-state index is 0.00111. The molecule has 12 heavy (non-hydrogen) atoms. The van der Waals surface area contributed by atoms with Gasteiger partial charge < -0.3 is 5.32 Å². The molecule has 1 rings (SSSR count). The molecule has 0 aromatic carbocycles. The summed E-state index contributed by atoms with van der Waals surface area (Å²) in [6, 6.07) is 1.58. The Bertz CT molecular complexity index is 243. The van der Waals surface area contributed by atoms with Crippen LogP contribution in [0.15, 0.2) is 18.5 Å². The average Bonchev–Trinajstić information content (AvgIpc) is 2.55. The van der Waals surface area contributed by atoms with E-state index in [9.17, 15) is 4.79 Å². The van der Waals surface area contributed by atoms with Gasteiger partial charge in [-0.05, 0) is 19.9 Å². The molecule has 0 spiro atoms. The van der Waals surface area contributed by atoms with Crippen molar-refractivity contribution in [2.75, 3.05) is 6.54 Å². The molecule has 66 valence electrons. The molecule has 0 aliphatic rings. The lowest BCUT2D eigenvalue weighted by Gasteiger charge is -2.10. The van der Waals surface area contributed by atoms with Crippen LogP contribution < -0.4 is 5.32 Å². The zero-order valence-electron chi connectivity index (χ0n) is 7.32. The van der Waals surface area contributed by atoms with Gasteiger partial charge >= 0.3 is 0 Å². The maximum absolute atomic E-state index is 11.3.